The van der Waals surface area contributed by atoms with Gasteiger partial charge in [-0.25, -0.2) is 4.39 Å². The van der Waals surface area contributed by atoms with Crippen LogP contribution < -0.4 is 0 Å². The molecule has 0 aliphatic heterocycles. The molecule has 0 amide bonds. The minimum absolute atomic E-state index is 0.0810. The largest absolute Gasteiger partial charge is 0.251 e. The fraction of sp³-hybridized carbons (Fsp3) is 0.647. The van der Waals surface area contributed by atoms with E-state index >= 15 is 0 Å². The van der Waals surface area contributed by atoms with Crippen molar-refractivity contribution in [2.45, 2.75) is 57.8 Å². The van der Waals surface area contributed by atoms with E-state index in [1.54, 1.807) is 13.0 Å². The van der Waals surface area contributed by atoms with Crippen LogP contribution in [0.2, 0.25) is 0 Å². The molecule has 1 fully saturated rings. The van der Waals surface area contributed by atoms with Crippen molar-refractivity contribution in [2.75, 3.05) is 6.67 Å². The van der Waals surface area contributed by atoms with Crippen molar-refractivity contribution in [1.29, 1.82) is 0 Å². The highest BCUT2D eigenvalue weighted by Crippen LogP contribution is 2.37. The first-order chi connectivity index (χ1) is 9.20. The quantitative estimate of drug-likeness (QED) is 0.613. The standard InChI is InChI=1S/C17H24F2/c1-13-5-8-16(12-17(13)19)15-9-6-14(7-10-15)4-2-3-11-18/h5,8,12,14-15H,2-4,6-7,9-11H2,1H3. The first kappa shape index (κ1) is 14.5. The molecule has 2 heteroatoms. The van der Waals surface area contributed by atoms with Gasteiger partial charge < -0.3 is 0 Å². The number of halogens is 2. The maximum atomic E-state index is 13.6. The van der Waals surface area contributed by atoms with Gasteiger partial charge in [0.25, 0.3) is 0 Å². The topological polar surface area (TPSA) is 0 Å². The molecular formula is C17H24F2. The highest BCUT2D eigenvalue weighted by Gasteiger charge is 2.22. The summed E-state index contributed by atoms with van der Waals surface area (Å²) in [4.78, 5) is 0. The van der Waals surface area contributed by atoms with Crippen LogP contribution in [0, 0.1) is 18.7 Å². The van der Waals surface area contributed by atoms with Crippen molar-refractivity contribution in [3.8, 4) is 0 Å². The monoisotopic (exact) mass is 266 g/mol. The lowest BCUT2D eigenvalue weighted by Gasteiger charge is -2.29. The van der Waals surface area contributed by atoms with E-state index in [4.69, 9.17) is 0 Å². The van der Waals surface area contributed by atoms with Crippen molar-refractivity contribution in [1.82, 2.24) is 0 Å². The Labute approximate surface area is 115 Å². The molecule has 0 N–H and O–H groups in total. The van der Waals surface area contributed by atoms with Crippen LogP contribution in [0.25, 0.3) is 0 Å². The SMILES string of the molecule is Cc1ccc(C2CCC(CCCCF)CC2)cc1F. The maximum Gasteiger partial charge on any atom is 0.126 e. The van der Waals surface area contributed by atoms with E-state index < -0.39 is 0 Å². The highest BCUT2D eigenvalue weighted by atomic mass is 19.1. The third kappa shape index (κ3) is 4.02. The van der Waals surface area contributed by atoms with Crippen molar-refractivity contribution in [3.63, 3.8) is 0 Å². The van der Waals surface area contributed by atoms with Gasteiger partial charge in [0.15, 0.2) is 0 Å². The van der Waals surface area contributed by atoms with Crippen LogP contribution in [0.1, 0.15) is 62.0 Å². The third-order valence-electron chi connectivity index (χ3n) is 4.51. The van der Waals surface area contributed by atoms with E-state index in [9.17, 15) is 8.78 Å². The molecule has 0 bridgehead atoms. The van der Waals surface area contributed by atoms with Crippen molar-refractivity contribution >= 4 is 0 Å². The van der Waals surface area contributed by atoms with Gasteiger partial charge in [0.2, 0.25) is 0 Å². The predicted octanol–water partition coefficient (Wildman–Crippen LogP) is 5.55. The molecule has 0 saturated heterocycles. The summed E-state index contributed by atoms with van der Waals surface area (Å²) in [5.41, 5.74) is 1.88. The number of unbranched alkanes of at least 4 members (excludes halogenated alkanes) is 1. The van der Waals surface area contributed by atoms with Crippen LogP contribution in [0.5, 0.6) is 0 Å². The van der Waals surface area contributed by atoms with E-state index in [-0.39, 0.29) is 12.5 Å². The van der Waals surface area contributed by atoms with Crippen molar-refractivity contribution in [3.05, 3.63) is 35.1 Å². The second-order valence-electron chi connectivity index (χ2n) is 5.91. The first-order valence-electron chi connectivity index (χ1n) is 7.52. The lowest BCUT2D eigenvalue weighted by atomic mass is 9.77. The van der Waals surface area contributed by atoms with Crippen LogP contribution in [-0.4, -0.2) is 6.67 Å². The zero-order valence-corrected chi connectivity index (χ0v) is 11.8. The van der Waals surface area contributed by atoms with Crippen molar-refractivity contribution < 1.29 is 8.78 Å². The van der Waals surface area contributed by atoms with Gasteiger partial charge in [-0.3, -0.25) is 4.39 Å². The smallest absolute Gasteiger partial charge is 0.126 e. The fourth-order valence-corrected chi connectivity index (χ4v) is 3.18. The Morgan fingerprint density at radius 2 is 1.84 bits per heavy atom. The van der Waals surface area contributed by atoms with Crippen LogP contribution in [0.4, 0.5) is 8.78 Å². The van der Waals surface area contributed by atoms with Crippen LogP contribution in [-0.2, 0) is 0 Å². The molecule has 1 aliphatic rings. The number of aryl methyl sites for hydroxylation is 1. The van der Waals surface area contributed by atoms with Gasteiger partial charge in [0.05, 0.1) is 6.67 Å². The van der Waals surface area contributed by atoms with Gasteiger partial charge >= 0.3 is 0 Å². The zero-order valence-electron chi connectivity index (χ0n) is 11.8. The summed E-state index contributed by atoms with van der Waals surface area (Å²) < 4.78 is 25.6. The van der Waals surface area contributed by atoms with Crippen molar-refractivity contribution in [2.24, 2.45) is 5.92 Å². The summed E-state index contributed by atoms with van der Waals surface area (Å²) >= 11 is 0. The van der Waals surface area contributed by atoms with Crippen LogP contribution in [0.3, 0.4) is 0 Å². The molecule has 2 rings (SSSR count). The first-order valence-corrected chi connectivity index (χ1v) is 7.52. The molecule has 0 aromatic heterocycles. The number of benzene rings is 1. The van der Waals surface area contributed by atoms with Gasteiger partial charge in [0.1, 0.15) is 5.82 Å². The molecule has 0 spiro atoms. The van der Waals surface area contributed by atoms with E-state index in [1.807, 2.05) is 6.07 Å². The molecule has 0 nitrogen and oxygen atoms in total. The lowest BCUT2D eigenvalue weighted by Crippen LogP contribution is -2.13. The van der Waals surface area contributed by atoms with Gasteiger partial charge in [-0.2, -0.15) is 0 Å². The molecule has 0 radical (unpaired) electrons. The highest BCUT2D eigenvalue weighted by molar-refractivity contribution is 5.26. The fourth-order valence-electron chi connectivity index (χ4n) is 3.18. The molecule has 1 aliphatic carbocycles. The van der Waals surface area contributed by atoms with Gasteiger partial charge in [-0.1, -0.05) is 25.0 Å². The Bertz CT molecular complexity index is 392. The number of alkyl halides is 1. The van der Waals surface area contributed by atoms with E-state index in [0.717, 1.165) is 36.3 Å². The molecule has 0 atom stereocenters. The lowest BCUT2D eigenvalue weighted by molar-refractivity contribution is 0.298. The molecule has 0 heterocycles. The van der Waals surface area contributed by atoms with Gasteiger partial charge in [0, 0.05) is 0 Å². The number of hydrogen-bond donors (Lipinski definition) is 0. The Morgan fingerprint density at radius 3 is 2.47 bits per heavy atom. The Morgan fingerprint density at radius 1 is 1.11 bits per heavy atom. The molecule has 1 aromatic carbocycles. The van der Waals surface area contributed by atoms with E-state index in [0.29, 0.717) is 12.3 Å². The Kier molecular flexibility index (Phi) is 5.35. The number of hydrogen-bond acceptors (Lipinski definition) is 0. The molecule has 19 heavy (non-hydrogen) atoms. The summed E-state index contributed by atoms with van der Waals surface area (Å²) in [6.07, 6.45) is 7.64. The van der Waals surface area contributed by atoms with Crippen LogP contribution in [0.15, 0.2) is 18.2 Å². The van der Waals surface area contributed by atoms with Crippen LogP contribution >= 0.6 is 0 Å². The zero-order chi connectivity index (χ0) is 13.7. The minimum Gasteiger partial charge on any atom is -0.251 e. The third-order valence-corrected chi connectivity index (χ3v) is 4.51. The molecule has 1 saturated carbocycles. The minimum atomic E-state index is -0.183. The summed E-state index contributed by atoms with van der Waals surface area (Å²) in [5.74, 6) is 1.20. The summed E-state index contributed by atoms with van der Waals surface area (Å²) in [6, 6.07) is 5.67. The van der Waals surface area contributed by atoms with Gasteiger partial charge in [-0.05, 0) is 68.1 Å². The molecule has 1 aromatic rings. The summed E-state index contributed by atoms with van der Waals surface area (Å²) in [6.45, 7) is 1.62. The average molecular weight is 266 g/mol. The maximum absolute atomic E-state index is 13.6. The second kappa shape index (κ2) is 7.02. The Hall–Kier alpha value is -0.920. The second-order valence-corrected chi connectivity index (χ2v) is 5.91. The normalized spacial score (nSPS) is 23.5. The summed E-state index contributed by atoms with van der Waals surface area (Å²) in [5, 5.41) is 0. The molecular weight excluding hydrogens is 242 g/mol. The van der Waals surface area contributed by atoms with E-state index in [1.165, 1.54) is 19.3 Å². The number of rotatable bonds is 5. The Balaban J connectivity index is 1.84. The molecule has 0 unspecified atom stereocenters. The molecule has 106 valence electrons. The predicted molar refractivity (Wildman–Crippen MR) is 75.7 cm³/mol. The average Bonchev–Trinajstić information content (AvgIpc) is 2.43. The van der Waals surface area contributed by atoms with Gasteiger partial charge in [-0.15, -0.1) is 0 Å². The van der Waals surface area contributed by atoms with E-state index in [2.05, 4.69) is 6.07 Å². The summed E-state index contributed by atoms with van der Waals surface area (Å²) in [7, 11) is 0.